The van der Waals surface area contributed by atoms with Crippen molar-refractivity contribution in [1.82, 2.24) is 0 Å². The predicted octanol–water partition coefficient (Wildman–Crippen LogP) is -0.446. The monoisotopic (exact) mass is 223 g/mol. The van der Waals surface area contributed by atoms with Crippen LogP contribution in [-0.4, -0.2) is 73.2 Å². The number of hydrogen-bond donors (Lipinski definition) is 1. The second kappa shape index (κ2) is 9.74. The first kappa shape index (κ1) is 15.6. The Kier molecular flexibility index (Phi) is 25.4. The fourth-order valence-electron chi connectivity index (χ4n) is 0. The smallest absolute Gasteiger partial charge is 1.00 e. The third-order valence-corrected chi connectivity index (χ3v) is 0. The van der Waals surface area contributed by atoms with E-state index in [1.165, 1.54) is 0 Å². The van der Waals surface area contributed by atoms with Crippen LogP contribution in [0.1, 0.15) is 9.78 Å². The zero-order valence-electron chi connectivity index (χ0n) is 5.51. The summed E-state index contributed by atoms with van der Waals surface area (Å²) in [6, 6.07) is 0. The molecule has 0 aromatic carbocycles. The molecule has 0 amide bonds. The van der Waals surface area contributed by atoms with E-state index in [1.807, 2.05) is 0 Å². The first-order valence-electron chi connectivity index (χ1n) is 0.928. The zero-order chi connectivity index (χ0) is 3.58. The molecule has 0 rings (SSSR count). The van der Waals surface area contributed by atoms with Crippen LogP contribution in [0.15, 0.2) is 0 Å². The molecule has 0 spiro atoms. The van der Waals surface area contributed by atoms with Crippen molar-refractivity contribution in [3.05, 3.63) is 0 Å². The number of carboxylic acid groups (broad SMARTS) is 1. The maximum absolute atomic E-state index is 9.00. The summed E-state index contributed by atoms with van der Waals surface area (Å²) in [5.41, 5.74) is 0. The molecule has 1 N–H and O–H groups in total. The number of carboxylic acids is 1. The van der Waals surface area contributed by atoms with E-state index >= 15 is 0 Å². The van der Waals surface area contributed by atoms with E-state index in [1.54, 1.807) is 0 Å². The van der Waals surface area contributed by atoms with Gasteiger partial charge in [-0.2, -0.15) is 0 Å². The Labute approximate surface area is 86.7 Å². The summed E-state index contributed by atoms with van der Waals surface area (Å²) in [4.78, 5) is 9.00. The summed E-state index contributed by atoms with van der Waals surface area (Å²) in [6.45, 7) is 1.08. The first-order chi connectivity index (χ1) is 1.73. The Hall–Kier alpha value is 1.55. The second-order valence-electron chi connectivity index (χ2n) is 0.519. The predicted molar refractivity (Wildman–Crippen MR) is 27.0 cm³/mol. The van der Waals surface area contributed by atoms with E-state index in [4.69, 9.17) is 9.90 Å². The molecule has 0 bridgehead atoms. The topological polar surface area (TPSA) is 37.3 Å². The van der Waals surface area contributed by atoms with Crippen LogP contribution in [0.5, 0.6) is 0 Å². The average molecular weight is 224 g/mol. The molecule has 0 unspecified atom stereocenters. The zero-order valence-corrected chi connectivity index (χ0v) is 8.27. The van der Waals surface area contributed by atoms with E-state index < -0.39 is 5.97 Å². The number of aliphatic carboxylic acids is 1. The van der Waals surface area contributed by atoms with Crippen LogP contribution in [0.3, 0.4) is 0 Å². The Morgan fingerprint density at radius 2 is 1.83 bits per heavy atom. The summed E-state index contributed by atoms with van der Waals surface area (Å²) in [7, 11) is 0. The third kappa shape index (κ3) is 47.9. The minimum absolute atomic E-state index is 0. The van der Waals surface area contributed by atoms with Crippen molar-refractivity contribution in [3.8, 4) is 0 Å². The van der Waals surface area contributed by atoms with Gasteiger partial charge in [0.15, 0.2) is 0 Å². The summed E-state index contributed by atoms with van der Waals surface area (Å²) in [5, 5.41) is 7.42. The summed E-state index contributed by atoms with van der Waals surface area (Å²) in [5.74, 6) is -0.833. The molecule has 3 radical (unpaired) electrons. The van der Waals surface area contributed by atoms with Crippen molar-refractivity contribution in [2.24, 2.45) is 0 Å². The van der Waals surface area contributed by atoms with Crippen molar-refractivity contribution in [3.63, 3.8) is 0 Å². The molecular formula is C2H6CaO2Sb. The van der Waals surface area contributed by atoms with E-state index in [2.05, 4.69) is 0 Å². The molecule has 33 valence electrons. The number of hydrogen-bond acceptors (Lipinski definition) is 1. The van der Waals surface area contributed by atoms with Gasteiger partial charge in [-0.3, -0.25) is 4.79 Å². The van der Waals surface area contributed by atoms with Crippen molar-refractivity contribution in [1.29, 1.82) is 0 Å². The van der Waals surface area contributed by atoms with Crippen molar-refractivity contribution >= 4 is 68.1 Å². The van der Waals surface area contributed by atoms with Crippen LogP contribution in [-0.2, 0) is 4.79 Å². The maximum atomic E-state index is 9.00. The Morgan fingerprint density at radius 3 is 1.83 bits per heavy atom. The molecule has 0 aliphatic rings. The Balaban J connectivity index is -0.00000000750. The SMILES string of the molecule is CC(=O)O.[Ca+2].[H-].[H-].[Sb]. The third-order valence-electron chi connectivity index (χ3n) is 0. The van der Waals surface area contributed by atoms with E-state index in [0.29, 0.717) is 0 Å². The molecule has 0 fully saturated rings. The van der Waals surface area contributed by atoms with Crippen molar-refractivity contribution in [2.45, 2.75) is 6.92 Å². The van der Waals surface area contributed by atoms with Gasteiger partial charge in [-0.25, -0.2) is 0 Å². The molecule has 0 aliphatic carbocycles. The molecule has 0 aromatic rings. The molecule has 6 heavy (non-hydrogen) atoms. The minimum Gasteiger partial charge on any atom is -1.00 e. The average Bonchev–Trinajstić information content (AvgIpc) is 0.811. The fourth-order valence-corrected chi connectivity index (χ4v) is 0. The van der Waals surface area contributed by atoms with Gasteiger partial charge in [0.1, 0.15) is 0 Å². The standard InChI is InChI=1S/C2H4O2.Ca.Sb.2H/c1-2(3)4;;;;/h1H3,(H,3,4);;;;/q;+2;;2*-1. The minimum atomic E-state index is -0.833. The molecule has 0 saturated carbocycles. The van der Waals surface area contributed by atoms with E-state index in [-0.39, 0.29) is 65.0 Å². The van der Waals surface area contributed by atoms with Gasteiger partial charge in [0.2, 0.25) is 0 Å². The van der Waals surface area contributed by atoms with Gasteiger partial charge in [0.25, 0.3) is 5.97 Å². The molecule has 0 heterocycles. The molecule has 0 atom stereocenters. The van der Waals surface area contributed by atoms with Gasteiger partial charge in [0, 0.05) is 31.4 Å². The van der Waals surface area contributed by atoms with Crippen LogP contribution in [0, 0.1) is 0 Å². The Bertz CT molecular complexity index is 41.0. The van der Waals surface area contributed by atoms with Crippen molar-refractivity contribution < 1.29 is 12.8 Å². The fraction of sp³-hybridized carbons (Fsp3) is 0.500. The van der Waals surface area contributed by atoms with Gasteiger partial charge in [-0.05, 0) is 0 Å². The van der Waals surface area contributed by atoms with Crippen molar-refractivity contribution in [2.75, 3.05) is 0 Å². The van der Waals surface area contributed by atoms with Gasteiger partial charge < -0.3 is 7.96 Å². The first-order valence-corrected chi connectivity index (χ1v) is 0.928. The number of rotatable bonds is 0. The van der Waals surface area contributed by atoms with Crippen LogP contribution in [0.25, 0.3) is 0 Å². The summed E-state index contributed by atoms with van der Waals surface area (Å²) < 4.78 is 0. The molecule has 2 nitrogen and oxygen atoms in total. The number of carbonyl (C=O) groups is 1. The van der Waals surface area contributed by atoms with Crippen LogP contribution in [0.4, 0.5) is 0 Å². The summed E-state index contributed by atoms with van der Waals surface area (Å²) in [6.07, 6.45) is 0. The second-order valence-corrected chi connectivity index (χ2v) is 0.519. The molecule has 0 saturated heterocycles. The van der Waals surface area contributed by atoms with Crippen LogP contribution >= 0.6 is 0 Å². The summed E-state index contributed by atoms with van der Waals surface area (Å²) >= 11 is 0. The molecular weight excluding hydrogens is 218 g/mol. The van der Waals surface area contributed by atoms with Gasteiger partial charge in [-0.15, -0.1) is 0 Å². The van der Waals surface area contributed by atoms with Gasteiger partial charge in [0.05, 0.1) is 0 Å². The van der Waals surface area contributed by atoms with E-state index in [9.17, 15) is 0 Å². The normalized spacial score (nSPS) is 4.17. The molecule has 4 heteroatoms. The Morgan fingerprint density at radius 1 is 1.83 bits per heavy atom. The van der Waals surface area contributed by atoms with Crippen LogP contribution in [0.2, 0.25) is 0 Å². The largest absolute Gasteiger partial charge is 2.00 e. The van der Waals surface area contributed by atoms with Gasteiger partial charge in [-0.1, -0.05) is 0 Å². The van der Waals surface area contributed by atoms with Crippen LogP contribution < -0.4 is 0 Å². The van der Waals surface area contributed by atoms with E-state index in [0.717, 1.165) is 6.92 Å². The molecule has 0 aliphatic heterocycles. The van der Waals surface area contributed by atoms with Gasteiger partial charge >= 0.3 is 37.7 Å². The quantitative estimate of drug-likeness (QED) is 0.566. The molecule has 0 aromatic heterocycles. The maximum Gasteiger partial charge on any atom is 2.00 e.